The molecule has 11 heavy (non-hydrogen) atoms. The fourth-order valence-corrected chi connectivity index (χ4v) is 0.788. The molecule has 0 bridgehead atoms. The number of aliphatic hydroxyl groups excluding tert-OH is 1. The number of aliphatic hydroxyl groups is 1. The van der Waals surface area contributed by atoms with Crippen molar-refractivity contribution in [1.82, 2.24) is 0 Å². The molecule has 0 amide bonds. The van der Waals surface area contributed by atoms with Crippen LogP contribution in [0.4, 0.5) is 0 Å². The van der Waals surface area contributed by atoms with E-state index in [0.29, 0.717) is 0 Å². The average Bonchev–Trinajstić information content (AvgIpc) is 2.14. The molecule has 0 saturated carbocycles. The predicted octanol–water partition coefficient (Wildman–Crippen LogP) is -8.83. The van der Waals surface area contributed by atoms with E-state index in [4.69, 9.17) is 9.84 Å². The van der Waals surface area contributed by atoms with E-state index in [1.807, 2.05) is 0 Å². The zero-order valence-corrected chi connectivity index (χ0v) is 9.72. The van der Waals surface area contributed by atoms with Gasteiger partial charge in [-0.25, -0.2) is 0 Å². The van der Waals surface area contributed by atoms with Gasteiger partial charge in [0, 0.05) is 6.61 Å². The Labute approximate surface area is 101 Å². The number of hydrogen-bond acceptors (Lipinski definition) is 2. The Morgan fingerprint density at radius 3 is 2.00 bits per heavy atom. The van der Waals surface area contributed by atoms with Crippen LogP contribution in [0.5, 0.6) is 0 Å². The third kappa shape index (κ3) is 9.42. The van der Waals surface area contributed by atoms with Gasteiger partial charge in [-0.2, -0.15) is 0 Å². The van der Waals surface area contributed by atoms with Gasteiger partial charge in [0.05, 0.1) is 12.7 Å². The third-order valence-corrected chi connectivity index (χ3v) is 1.23. The van der Waals surface area contributed by atoms with Crippen LogP contribution in [0.15, 0.2) is 0 Å². The Kier molecular flexibility index (Phi) is 29.2. The Bertz CT molecular complexity index is 61.7. The first-order chi connectivity index (χ1) is 3.43. The fraction of sp³-hybridized carbons (Fsp3) is 1.00. The van der Waals surface area contributed by atoms with Gasteiger partial charge in [-0.05, 0) is 12.8 Å². The maximum absolute atomic E-state index is 8.44. The Hall–Kier alpha value is 1.50. The Balaban J connectivity index is -0.0000000612. The summed E-state index contributed by atoms with van der Waals surface area (Å²) < 4.78 is 5.05. The van der Waals surface area contributed by atoms with Crippen molar-refractivity contribution in [3.8, 4) is 0 Å². The molecular weight excluding hydrogens is 246 g/mol. The quantitative estimate of drug-likeness (QED) is 0.472. The summed E-state index contributed by atoms with van der Waals surface area (Å²) in [6.07, 6.45) is 2.31. The average molecular weight is 256 g/mol. The molecule has 1 unspecified atom stereocenters. The van der Waals surface area contributed by atoms with Gasteiger partial charge in [0.15, 0.2) is 0 Å². The van der Waals surface area contributed by atoms with Crippen LogP contribution in [0, 0.1) is 0 Å². The second-order valence-corrected chi connectivity index (χ2v) is 1.82. The number of rotatable bonds is 1. The molecule has 1 N–H and O–H groups in total. The van der Waals surface area contributed by atoms with E-state index in [-0.39, 0.29) is 71.6 Å². The van der Waals surface area contributed by atoms with Gasteiger partial charge >= 0.3 is 21.7 Å². The topological polar surface area (TPSA) is 29.5 Å². The summed E-state index contributed by atoms with van der Waals surface area (Å²) >= 11 is 0. The minimum atomic E-state index is 0. The second-order valence-electron chi connectivity index (χ2n) is 1.82. The van der Waals surface area contributed by atoms with Crippen LogP contribution in [0.2, 0.25) is 0 Å². The molecular formula is C5H10Cl3O2Ti. The van der Waals surface area contributed by atoms with Gasteiger partial charge in [0.1, 0.15) is 0 Å². The van der Waals surface area contributed by atoms with Gasteiger partial charge in [0.25, 0.3) is 0 Å². The van der Waals surface area contributed by atoms with Gasteiger partial charge in [-0.1, -0.05) is 0 Å². The summed E-state index contributed by atoms with van der Waals surface area (Å²) in [6.45, 7) is 1.03. The first kappa shape index (κ1) is 22.9. The molecule has 67 valence electrons. The van der Waals surface area contributed by atoms with Crippen molar-refractivity contribution >= 4 is 0 Å². The number of halogens is 3. The van der Waals surface area contributed by atoms with E-state index in [2.05, 4.69) is 0 Å². The number of ether oxygens (including phenoxy) is 1. The fourth-order valence-electron chi connectivity index (χ4n) is 0.788. The van der Waals surface area contributed by atoms with Crippen LogP contribution in [-0.2, 0) is 26.5 Å². The molecule has 0 aromatic rings. The summed E-state index contributed by atoms with van der Waals surface area (Å²) in [7, 11) is 0. The van der Waals surface area contributed by atoms with E-state index >= 15 is 0 Å². The third-order valence-electron chi connectivity index (χ3n) is 1.23. The molecule has 6 heteroatoms. The van der Waals surface area contributed by atoms with E-state index in [1.165, 1.54) is 0 Å². The maximum atomic E-state index is 8.44. The monoisotopic (exact) mass is 255 g/mol. The summed E-state index contributed by atoms with van der Waals surface area (Å²) in [5.74, 6) is 0. The van der Waals surface area contributed by atoms with Crippen LogP contribution in [0.1, 0.15) is 12.8 Å². The van der Waals surface area contributed by atoms with Crippen LogP contribution < -0.4 is 37.2 Å². The minimum absolute atomic E-state index is 0. The smallest absolute Gasteiger partial charge is 1.00 e. The number of hydrogen-bond donors (Lipinski definition) is 1. The molecule has 1 atom stereocenters. The van der Waals surface area contributed by atoms with Crippen LogP contribution in [0.3, 0.4) is 0 Å². The van der Waals surface area contributed by atoms with Gasteiger partial charge in [-0.15, -0.1) is 0 Å². The summed E-state index contributed by atoms with van der Waals surface area (Å²) in [5, 5.41) is 8.44. The zero-order valence-electron chi connectivity index (χ0n) is 5.90. The first-order valence-corrected chi connectivity index (χ1v) is 2.66. The van der Waals surface area contributed by atoms with Crippen molar-refractivity contribution in [2.75, 3.05) is 13.2 Å². The molecule has 1 rings (SSSR count). The molecule has 0 aromatic carbocycles. The second kappa shape index (κ2) is 14.1. The van der Waals surface area contributed by atoms with Crippen molar-refractivity contribution in [1.29, 1.82) is 0 Å². The molecule has 1 heterocycles. The van der Waals surface area contributed by atoms with Crippen molar-refractivity contribution in [2.45, 2.75) is 18.9 Å². The van der Waals surface area contributed by atoms with E-state index in [0.717, 1.165) is 19.4 Å². The minimum Gasteiger partial charge on any atom is -1.00 e. The Morgan fingerprint density at radius 2 is 1.82 bits per heavy atom. The molecule has 0 aromatic heterocycles. The van der Waals surface area contributed by atoms with Crippen LogP contribution in [-0.4, -0.2) is 24.4 Å². The van der Waals surface area contributed by atoms with Crippen molar-refractivity contribution in [3.63, 3.8) is 0 Å². The molecule has 0 spiro atoms. The normalized spacial score (nSPS) is 19.9. The van der Waals surface area contributed by atoms with Crippen LogP contribution >= 0.6 is 0 Å². The van der Waals surface area contributed by atoms with Crippen molar-refractivity contribution in [3.05, 3.63) is 0 Å². The standard InChI is InChI=1S/C5H10O2.3ClH.Ti/c6-4-5-2-1-3-7-5;;;;/h5-6H,1-4H2;3*1H;/q;;;;+3/p-3. The molecule has 1 radical (unpaired) electrons. The van der Waals surface area contributed by atoms with Gasteiger partial charge in [-0.3, -0.25) is 0 Å². The summed E-state index contributed by atoms with van der Waals surface area (Å²) in [6, 6.07) is 0. The largest absolute Gasteiger partial charge is 3.00 e. The predicted molar refractivity (Wildman–Crippen MR) is 26.1 cm³/mol. The molecule has 2 nitrogen and oxygen atoms in total. The molecule has 1 aliphatic heterocycles. The summed E-state index contributed by atoms with van der Waals surface area (Å²) in [4.78, 5) is 0. The maximum Gasteiger partial charge on any atom is 3.00 e. The molecule has 1 aliphatic rings. The first-order valence-electron chi connectivity index (χ1n) is 2.66. The molecule has 1 fully saturated rings. The van der Waals surface area contributed by atoms with Crippen molar-refractivity contribution in [2.24, 2.45) is 0 Å². The van der Waals surface area contributed by atoms with E-state index in [1.54, 1.807) is 0 Å². The summed E-state index contributed by atoms with van der Waals surface area (Å²) in [5.41, 5.74) is 0. The SMILES string of the molecule is OCC1CCCO1.[Cl-].[Cl-].[Cl-].[Ti+3]. The van der Waals surface area contributed by atoms with Gasteiger partial charge < -0.3 is 47.1 Å². The molecule has 0 aliphatic carbocycles. The van der Waals surface area contributed by atoms with E-state index < -0.39 is 0 Å². The van der Waals surface area contributed by atoms with Crippen LogP contribution in [0.25, 0.3) is 0 Å². The zero-order chi connectivity index (χ0) is 5.11. The Morgan fingerprint density at radius 1 is 1.27 bits per heavy atom. The molecule has 1 saturated heterocycles. The van der Waals surface area contributed by atoms with Crippen molar-refractivity contribution < 1.29 is 68.8 Å². The van der Waals surface area contributed by atoms with E-state index in [9.17, 15) is 0 Å². The van der Waals surface area contributed by atoms with Gasteiger partial charge in [0.2, 0.25) is 0 Å².